The summed E-state index contributed by atoms with van der Waals surface area (Å²) in [4.78, 5) is 15.6. The fourth-order valence-corrected chi connectivity index (χ4v) is 2.58. The number of fused-ring (bicyclic) bond motifs is 1. The molecule has 0 atom stereocenters. The Hall–Kier alpha value is -3.19. The minimum atomic E-state index is 0.466. The fourth-order valence-electron chi connectivity index (χ4n) is 2.58. The molecule has 0 bridgehead atoms. The molecule has 3 aromatic heterocycles. The van der Waals surface area contributed by atoms with Crippen LogP contribution in [0, 0.1) is 0 Å². The molecule has 0 saturated heterocycles. The lowest BCUT2D eigenvalue weighted by atomic mass is 10.1. The third kappa shape index (κ3) is 3.67. The van der Waals surface area contributed by atoms with Crippen LogP contribution in [-0.2, 0) is 24.5 Å². The maximum atomic E-state index is 5.68. The van der Waals surface area contributed by atoms with Gasteiger partial charge in [0.2, 0.25) is 0 Å². The number of nitrogens with one attached hydrogen (secondary N) is 2. The zero-order valence-electron chi connectivity index (χ0n) is 13.5. The number of benzene rings is 1. The Morgan fingerprint density at radius 1 is 1.04 bits per heavy atom. The second kappa shape index (κ2) is 7.14. The van der Waals surface area contributed by atoms with E-state index < -0.39 is 0 Å². The van der Waals surface area contributed by atoms with Crippen molar-refractivity contribution < 1.29 is 9.15 Å². The summed E-state index contributed by atoms with van der Waals surface area (Å²) < 4.78 is 10.9. The second-order valence-electron chi connectivity index (χ2n) is 5.57. The smallest absolute Gasteiger partial charge is 0.182 e. The summed E-state index contributed by atoms with van der Waals surface area (Å²) >= 11 is 0. The molecule has 4 aromatic rings. The number of H-pyrrole nitrogens is 1. The maximum absolute atomic E-state index is 5.68. The van der Waals surface area contributed by atoms with Crippen molar-refractivity contribution in [2.45, 2.75) is 19.8 Å². The average Bonchev–Trinajstić information content (AvgIpc) is 3.32. The van der Waals surface area contributed by atoms with Crippen LogP contribution in [0.25, 0.3) is 11.2 Å². The van der Waals surface area contributed by atoms with Crippen LogP contribution < -0.4 is 5.32 Å². The molecular formula is C18H17N5O2. The van der Waals surface area contributed by atoms with E-state index >= 15 is 0 Å². The van der Waals surface area contributed by atoms with Crippen molar-refractivity contribution in [3.05, 3.63) is 72.2 Å². The molecule has 7 nitrogen and oxygen atoms in total. The molecule has 0 radical (unpaired) electrons. The number of anilines is 1. The van der Waals surface area contributed by atoms with E-state index in [0.29, 0.717) is 25.4 Å². The normalized spacial score (nSPS) is 11.0. The van der Waals surface area contributed by atoms with E-state index in [1.165, 1.54) is 6.33 Å². The van der Waals surface area contributed by atoms with Crippen molar-refractivity contribution in [3.8, 4) is 0 Å². The van der Waals surface area contributed by atoms with Crippen molar-refractivity contribution in [1.29, 1.82) is 0 Å². The van der Waals surface area contributed by atoms with Gasteiger partial charge in [0.1, 0.15) is 24.2 Å². The zero-order valence-corrected chi connectivity index (χ0v) is 13.5. The number of furan rings is 1. The van der Waals surface area contributed by atoms with E-state index in [0.717, 1.165) is 28.2 Å². The minimum Gasteiger partial charge on any atom is -0.467 e. The van der Waals surface area contributed by atoms with E-state index in [4.69, 9.17) is 9.15 Å². The van der Waals surface area contributed by atoms with Crippen LogP contribution in [0.15, 0.2) is 59.7 Å². The minimum absolute atomic E-state index is 0.466. The SMILES string of the molecule is c1cc(CNc2ncnc3nc[nH]c23)cc(COCc2ccco2)c1. The van der Waals surface area contributed by atoms with Gasteiger partial charge < -0.3 is 19.5 Å². The number of hydrogen-bond acceptors (Lipinski definition) is 6. The topological polar surface area (TPSA) is 88.9 Å². The highest BCUT2D eigenvalue weighted by molar-refractivity contribution is 5.81. The van der Waals surface area contributed by atoms with Gasteiger partial charge in [0.25, 0.3) is 0 Å². The summed E-state index contributed by atoms with van der Waals surface area (Å²) in [6.45, 7) is 1.65. The Bertz CT molecular complexity index is 949. The summed E-state index contributed by atoms with van der Waals surface area (Å²) in [5.41, 5.74) is 3.71. The van der Waals surface area contributed by atoms with Crippen LogP contribution in [0.1, 0.15) is 16.9 Å². The van der Waals surface area contributed by atoms with Crippen LogP contribution in [0.4, 0.5) is 5.82 Å². The quantitative estimate of drug-likeness (QED) is 0.539. The fraction of sp³-hybridized carbons (Fsp3) is 0.167. The first-order valence-electron chi connectivity index (χ1n) is 7.94. The third-order valence-electron chi connectivity index (χ3n) is 3.77. The number of ether oxygens (including phenoxy) is 1. The third-order valence-corrected chi connectivity index (χ3v) is 3.77. The van der Waals surface area contributed by atoms with Gasteiger partial charge in [0.15, 0.2) is 11.5 Å². The number of aromatic amines is 1. The van der Waals surface area contributed by atoms with Crippen LogP contribution >= 0.6 is 0 Å². The van der Waals surface area contributed by atoms with E-state index in [1.807, 2.05) is 24.3 Å². The molecule has 7 heteroatoms. The first-order chi connectivity index (χ1) is 12.4. The van der Waals surface area contributed by atoms with E-state index in [1.54, 1.807) is 12.6 Å². The molecule has 3 heterocycles. The number of hydrogen-bond donors (Lipinski definition) is 2. The molecular weight excluding hydrogens is 318 g/mol. The molecule has 126 valence electrons. The van der Waals surface area contributed by atoms with Gasteiger partial charge in [-0.05, 0) is 23.3 Å². The summed E-state index contributed by atoms with van der Waals surface area (Å²) in [6, 6.07) is 12.0. The molecule has 0 aliphatic carbocycles. The largest absolute Gasteiger partial charge is 0.467 e. The van der Waals surface area contributed by atoms with Gasteiger partial charge in [-0.2, -0.15) is 0 Å². The molecule has 25 heavy (non-hydrogen) atoms. The van der Waals surface area contributed by atoms with Gasteiger partial charge in [-0.25, -0.2) is 15.0 Å². The van der Waals surface area contributed by atoms with E-state index in [9.17, 15) is 0 Å². The summed E-state index contributed by atoms with van der Waals surface area (Å²) in [5.74, 6) is 1.56. The average molecular weight is 335 g/mol. The number of imidazole rings is 1. The highest BCUT2D eigenvalue weighted by Gasteiger charge is 2.05. The zero-order chi connectivity index (χ0) is 16.9. The second-order valence-corrected chi connectivity index (χ2v) is 5.57. The van der Waals surface area contributed by atoms with Gasteiger partial charge in [-0.1, -0.05) is 24.3 Å². The van der Waals surface area contributed by atoms with E-state index in [-0.39, 0.29) is 0 Å². The molecule has 0 unspecified atom stereocenters. The molecule has 0 fully saturated rings. The number of rotatable bonds is 7. The van der Waals surface area contributed by atoms with E-state index in [2.05, 4.69) is 37.4 Å². The Kier molecular flexibility index (Phi) is 4.38. The van der Waals surface area contributed by atoms with Gasteiger partial charge in [0.05, 0.1) is 19.2 Å². The standard InChI is InChI=1S/C18H17N5O2/c1-3-13(7-14(4-1)9-24-10-15-5-2-6-25-15)8-19-17-16-18(21-11-20-16)23-12-22-17/h1-7,11-12H,8-10H2,(H2,19,20,21,22,23). The first-order valence-corrected chi connectivity index (χ1v) is 7.94. The van der Waals surface area contributed by atoms with Crippen LogP contribution in [0.2, 0.25) is 0 Å². The first kappa shape index (κ1) is 15.3. The van der Waals surface area contributed by atoms with Gasteiger partial charge >= 0.3 is 0 Å². The highest BCUT2D eigenvalue weighted by Crippen LogP contribution is 2.16. The van der Waals surface area contributed by atoms with Gasteiger partial charge in [0, 0.05) is 6.54 Å². The molecule has 0 aliphatic rings. The van der Waals surface area contributed by atoms with Crippen molar-refractivity contribution in [3.63, 3.8) is 0 Å². The lowest BCUT2D eigenvalue weighted by Crippen LogP contribution is -2.03. The van der Waals surface area contributed by atoms with Crippen LogP contribution in [0.5, 0.6) is 0 Å². The van der Waals surface area contributed by atoms with Crippen LogP contribution in [0.3, 0.4) is 0 Å². The molecule has 0 spiro atoms. The Morgan fingerprint density at radius 3 is 2.92 bits per heavy atom. The number of aromatic nitrogens is 4. The van der Waals surface area contributed by atoms with Gasteiger partial charge in [-0.15, -0.1) is 0 Å². The predicted octanol–water partition coefficient (Wildman–Crippen LogP) is 3.27. The highest BCUT2D eigenvalue weighted by atomic mass is 16.5. The maximum Gasteiger partial charge on any atom is 0.182 e. The van der Waals surface area contributed by atoms with Gasteiger partial charge in [-0.3, -0.25) is 0 Å². The molecule has 1 aromatic carbocycles. The Balaban J connectivity index is 1.37. The summed E-state index contributed by atoms with van der Waals surface area (Å²) in [5, 5.41) is 3.32. The van der Waals surface area contributed by atoms with Crippen molar-refractivity contribution in [2.24, 2.45) is 0 Å². The van der Waals surface area contributed by atoms with Crippen molar-refractivity contribution >= 4 is 17.0 Å². The number of nitrogens with zero attached hydrogens (tertiary/aromatic N) is 3. The van der Waals surface area contributed by atoms with Crippen molar-refractivity contribution in [2.75, 3.05) is 5.32 Å². The lowest BCUT2D eigenvalue weighted by Gasteiger charge is -2.08. The molecule has 0 aliphatic heterocycles. The van der Waals surface area contributed by atoms with Crippen molar-refractivity contribution in [1.82, 2.24) is 19.9 Å². The molecule has 4 rings (SSSR count). The molecule has 0 amide bonds. The summed E-state index contributed by atoms with van der Waals surface area (Å²) in [6.07, 6.45) is 4.76. The molecule has 0 saturated carbocycles. The predicted molar refractivity (Wildman–Crippen MR) is 92.7 cm³/mol. The lowest BCUT2D eigenvalue weighted by molar-refractivity contribution is 0.0929. The molecule has 2 N–H and O–H groups in total. The summed E-state index contributed by atoms with van der Waals surface area (Å²) in [7, 11) is 0. The van der Waals surface area contributed by atoms with Crippen LogP contribution in [-0.4, -0.2) is 19.9 Å². The Morgan fingerprint density at radius 2 is 2.00 bits per heavy atom. The monoisotopic (exact) mass is 335 g/mol. The Labute approximate surface area is 144 Å².